The summed E-state index contributed by atoms with van der Waals surface area (Å²) in [5.41, 5.74) is 12.6. The lowest BCUT2D eigenvalue weighted by atomic mass is 10.1. The molecule has 0 heterocycles. The Morgan fingerprint density at radius 3 is 2.29 bits per heavy atom. The van der Waals surface area contributed by atoms with Gasteiger partial charge in [0.05, 0.1) is 6.54 Å². The monoisotopic (exact) mass is 251 g/mol. The van der Waals surface area contributed by atoms with Crippen molar-refractivity contribution in [3.63, 3.8) is 0 Å². The second-order valence-electron chi connectivity index (χ2n) is 3.83. The van der Waals surface area contributed by atoms with Gasteiger partial charge in [-0.05, 0) is 12.1 Å². The van der Waals surface area contributed by atoms with E-state index >= 15 is 0 Å². The minimum absolute atomic E-state index is 0.271. The summed E-state index contributed by atoms with van der Waals surface area (Å²) in [5, 5.41) is 0. The van der Waals surface area contributed by atoms with Crippen LogP contribution in [0.15, 0.2) is 24.3 Å². The van der Waals surface area contributed by atoms with Gasteiger partial charge < -0.3 is 11.5 Å². The quantitative estimate of drug-likeness (QED) is 0.727. The summed E-state index contributed by atoms with van der Waals surface area (Å²) in [5.74, 6) is -0.313. The molecule has 0 aliphatic carbocycles. The maximum absolute atomic E-state index is 10.8. The zero-order valence-corrected chi connectivity index (χ0v) is 10.7. The summed E-state index contributed by atoms with van der Waals surface area (Å²) >= 11 is 4.88. The number of hydrogen-bond acceptors (Lipinski definition) is 3. The van der Waals surface area contributed by atoms with Crippen LogP contribution in [0.25, 0.3) is 0 Å². The van der Waals surface area contributed by atoms with E-state index in [1.807, 2.05) is 36.1 Å². The van der Waals surface area contributed by atoms with Crippen LogP contribution in [0.2, 0.25) is 0 Å². The Labute approximate surface area is 107 Å². The van der Waals surface area contributed by atoms with Crippen molar-refractivity contribution in [1.82, 2.24) is 4.90 Å². The van der Waals surface area contributed by atoms with Crippen molar-refractivity contribution in [2.75, 3.05) is 13.1 Å². The van der Waals surface area contributed by atoms with Crippen LogP contribution in [0, 0.1) is 0 Å². The third-order valence-electron chi connectivity index (χ3n) is 2.47. The third-order valence-corrected chi connectivity index (χ3v) is 2.71. The Morgan fingerprint density at radius 2 is 1.88 bits per heavy atom. The molecule has 1 amide bonds. The van der Waals surface area contributed by atoms with Gasteiger partial charge in [0.1, 0.15) is 4.99 Å². The summed E-state index contributed by atoms with van der Waals surface area (Å²) in [6, 6.07) is 7.68. The van der Waals surface area contributed by atoms with Gasteiger partial charge in [-0.1, -0.05) is 43.4 Å². The van der Waals surface area contributed by atoms with Crippen LogP contribution in [0.1, 0.15) is 18.1 Å². The van der Waals surface area contributed by atoms with Gasteiger partial charge in [-0.15, -0.1) is 0 Å². The molecule has 0 fully saturated rings. The first-order valence-electron chi connectivity index (χ1n) is 5.42. The molecule has 0 saturated carbocycles. The molecule has 0 spiro atoms. The molecule has 0 aliphatic heterocycles. The highest BCUT2D eigenvalue weighted by Crippen LogP contribution is 2.07. The predicted molar refractivity (Wildman–Crippen MR) is 72.5 cm³/mol. The van der Waals surface area contributed by atoms with Gasteiger partial charge in [-0.3, -0.25) is 9.69 Å². The van der Waals surface area contributed by atoms with Crippen LogP contribution in [-0.2, 0) is 11.3 Å². The fraction of sp³-hybridized carbons (Fsp3) is 0.333. The molecule has 17 heavy (non-hydrogen) atoms. The largest absolute Gasteiger partial charge is 0.389 e. The number of carbonyl (C=O) groups excluding carboxylic acids is 1. The Hall–Kier alpha value is -1.46. The highest BCUT2D eigenvalue weighted by atomic mass is 32.1. The first-order chi connectivity index (χ1) is 8.02. The molecule has 0 saturated heterocycles. The second kappa shape index (κ2) is 6.32. The standard InChI is InChI=1S/C12H17N3OS/c1-2-15(8-11(13)16)7-9-3-5-10(6-4-9)12(14)17/h3-6H,2,7-8H2,1H3,(H2,13,16)(H2,14,17). The highest BCUT2D eigenvalue weighted by Gasteiger charge is 2.06. The SMILES string of the molecule is CCN(CC(N)=O)Cc1ccc(C(N)=S)cc1. The van der Waals surface area contributed by atoms with Crippen molar-refractivity contribution in [2.45, 2.75) is 13.5 Å². The molecule has 1 aromatic carbocycles. The number of likely N-dealkylation sites (N-methyl/N-ethyl adjacent to an activating group) is 1. The number of nitrogens with zero attached hydrogens (tertiary/aromatic N) is 1. The molecule has 0 bridgehead atoms. The molecule has 5 heteroatoms. The lowest BCUT2D eigenvalue weighted by Gasteiger charge is -2.18. The van der Waals surface area contributed by atoms with Gasteiger partial charge in [0.2, 0.25) is 5.91 Å². The molecular weight excluding hydrogens is 234 g/mol. The van der Waals surface area contributed by atoms with E-state index < -0.39 is 0 Å². The molecule has 0 radical (unpaired) electrons. The lowest BCUT2D eigenvalue weighted by Crippen LogP contribution is -2.33. The number of benzene rings is 1. The summed E-state index contributed by atoms with van der Waals surface area (Å²) in [7, 11) is 0. The van der Waals surface area contributed by atoms with Crippen molar-refractivity contribution in [3.05, 3.63) is 35.4 Å². The fourth-order valence-electron chi connectivity index (χ4n) is 1.53. The molecule has 1 aromatic rings. The Bertz CT molecular complexity index is 403. The minimum atomic E-state index is -0.313. The van der Waals surface area contributed by atoms with E-state index in [-0.39, 0.29) is 12.5 Å². The van der Waals surface area contributed by atoms with Crippen LogP contribution in [0.3, 0.4) is 0 Å². The molecule has 92 valence electrons. The predicted octanol–water partition coefficient (Wildman–Crippen LogP) is 0.628. The summed E-state index contributed by atoms with van der Waals surface area (Å²) in [6.07, 6.45) is 0. The van der Waals surface area contributed by atoms with E-state index in [9.17, 15) is 4.79 Å². The summed E-state index contributed by atoms with van der Waals surface area (Å²) in [6.45, 7) is 3.73. The van der Waals surface area contributed by atoms with E-state index in [1.165, 1.54) is 0 Å². The molecule has 0 atom stereocenters. The zero-order chi connectivity index (χ0) is 12.8. The van der Waals surface area contributed by atoms with E-state index in [4.69, 9.17) is 23.7 Å². The van der Waals surface area contributed by atoms with Gasteiger partial charge in [-0.25, -0.2) is 0 Å². The van der Waals surface area contributed by atoms with Crippen LogP contribution in [0.5, 0.6) is 0 Å². The van der Waals surface area contributed by atoms with Gasteiger partial charge >= 0.3 is 0 Å². The van der Waals surface area contributed by atoms with E-state index in [0.29, 0.717) is 11.5 Å². The van der Waals surface area contributed by atoms with Crippen LogP contribution >= 0.6 is 12.2 Å². The molecule has 1 rings (SSSR count). The first kappa shape index (κ1) is 13.6. The molecule has 0 aromatic heterocycles. The number of carbonyl (C=O) groups is 1. The van der Waals surface area contributed by atoms with Gasteiger partial charge in [-0.2, -0.15) is 0 Å². The zero-order valence-electron chi connectivity index (χ0n) is 9.85. The molecular formula is C12H17N3OS. The molecule has 4 nitrogen and oxygen atoms in total. The van der Waals surface area contributed by atoms with E-state index in [0.717, 1.165) is 17.7 Å². The molecule has 0 unspecified atom stereocenters. The highest BCUT2D eigenvalue weighted by molar-refractivity contribution is 7.80. The average Bonchev–Trinajstić information content (AvgIpc) is 2.28. The fourth-order valence-corrected chi connectivity index (χ4v) is 1.67. The van der Waals surface area contributed by atoms with Gasteiger partial charge in [0, 0.05) is 12.1 Å². The smallest absolute Gasteiger partial charge is 0.231 e. The Morgan fingerprint density at radius 1 is 1.29 bits per heavy atom. The number of primary amides is 1. The molecule has 4 N–H and O–H groups in total. The second-order valence-corrected chi connectivity index (χ2v) is 4.27. The Kier molecular flexibility index (Phi) is 5.06. The first-order valence-corrected chi connectivity index (χ1v) is 5.83. The maximum atomic E-state index is 10.8. The maximum Gasteiger partial charge on any atom is 0.231 e. The number of amides is 1. The summed E-state index contributed by atoms with van der Waals surface area (Å²) < 4.78 is 0. The van der Waals surface area contributed by atoms with Crippen molar-refractivity contribution in [3.8, 4) is 0 Å². The van der Waals surface area contributed by atoms with Crippen LogP contribution in [-0.4, -0.2) is 28.9 Å². The normalized spacial score (nSPS) is 10.5. The average molecular weight is 251 g/mol. The van der Waals surface area contributed by atoms with Gasteiger partial charge in [0.15, 0.2) is 0 Å². The minimum Gasteiger partial charge on any atom is -0.389 e. The van der Waals surface area contributed by atoms with Crippen molar-refractivity contribution < 1.29 is 4.79 Å². The van der Waals surface area contributed by atoms with Crippen molar-refractivity contribution >= 4 is 23.1 Å². The Balaban J connectivity index is 2.67. The number of thiocarbonyl (C=S) groups is 1. The number of nitrogens with two attached hydrogens (primary N) is 2. The lowest BCUT2D eigenvalue weighted by molar-refractivity contribution is -0.119. The van der Waals surface area contributed by atoms with Gasteiger partial charge in [0.25, 0.3) is 0 Å². The van der Waals surface area contributed by atoms with Crippen LogP contribution in [0.4, 0.5) is 0 Å². The summed E-state index contributed by atoms with van der Waals surface area (Å²) in [4.78, 5) is 13.2. The van der Waals surface area contributed by atoms with E-state index in [2.05, 4.69) is 0 Å². The van der Waals surface area contributed by atoms with Crippen molar-refractivity contribution in [1.29, 1.82) is 0 Å². The number of rotatable bonds is 6. The van der Waals surface area contributed by atoms with E-state index in [1.54, 1.807) is 0 Å². The third kappa shape index (κ3) is 4.50. The molecule has 0 aliphatic rings. The van der Waals surface area contributed by atoms with Crippen molar-refractivity contribution in [2.24, 2.45) is 11.5 Å². The number of hydrogen-bond donors (Lipinski definition) is 2. The topological polar surface area (TPSA) is 72.3 Å². The van der Waals surface area contributed by atoms with Crippen LogP contribution < -0.4 is 11.5 Å².